The van der Waals surface area contributed by atoms with E-state index < -0.39 is 0 Å². The van der Waals surface area contributed by atoms with Gasteiger partial charge in [-0.2, -0.15) is 0 Å². The standard InChI is InChI=1S/C8H19N2O/c1-6-10(4,5)8(11)7-9(2)3/h6-7H2,1-5H3/q+1. The fourth-order valence-corrected chi connectivity index (χ4v) is 0.638. The average Bonchev–Trinajstić information content (AvgIpc) is 1.86. The SMILES string of the molecule is CC[N+](C)(C)C(=O)CN(C)C. The summed E-state index contributed by atoms with van der Waals surface area (Å²) in [6, 6.07) is 0. The van der Waals surface area contributed by atoms with E-state index in [1.165, 1.54) is 0 Å². The van der Waals surface area contributed by atoms with E-state index in [9.17, 15) is 4.79 Å². The lowest BCUT2D eigenvalue weighted by Crippen LogP contribution is -2.49. The fourth-order valence-electron chi connectivity index (χ4n) is 0.638. The van der Waals surface area contributed by atoms with Crippen LogP contribution in [0.5, 0.6) is 0 Å². The highest BCUT2D eigenvalue weighted by atomic mass is 16.2. The lowest BCUT2D eigenvalue weighted by atomic mass is 10.4. The van der Waals surface area contributed by atoms with Crippen molar-refractivity contribution in [2.45, 2.75) is 6.92 Å². The molecule has 11 heavy (non-hydrogen) atoms. The summed E-state index contributed by atoms with van der Waals surface area (Å²) in [6.07, 6.45) is 0. The Morgan fingerprint density at radius 1 is 1.36 bits per heavy atom. The van der Waals surface area contributed by atoms with Crippen LogP contribution in [0.3, 0.4) is 0 Å². The minimum Gasteiger partial charge on any atom is -0.297 e. The van der Waals surface area contributed by atoms with E-state index in [1.807, 2.05) is 40.0 Å². The molecule has 0 aromatic rings. The number of hydrogen-bond acceptors (Lipinski definition) is 2. The number of amides is 1. The topological polar surface area (TPSA) is 20.3 Å². The Hall–Kier alpha value is -0.410. The van der Waals surface area contributed by atoms with E-state index >= 15 is 0 Å². The van der Waals surface area contributed by atoms with Crippen molar-refractivity contribution in [3.63, 3.8) is 0 Å². The predicted octanol–water partition coefficient (Wildman–Crippen LogP) is 0.171. The summed E-state index contributed by atoms with van der Waals surface area (Å²) in [5.41, 5.74) is 0. The molecule has 0 radical (unpaired) electrons. The van der Waals surface area contributed by atoms with Crippen LogP contribution in [0.15, 0.2) is 0 Å². The third kappa shape index (κ3) is 3.49. The summed E-state index contributed by atoms with van der Waals surface area (Å²) in [4.78, 5) is 13.3. The summed E-state index contributed by atoms with van der Waals surface area (Å²) in [7, 11) is 7.69. The minimum absolute atomic E-state index is 0.262. The van der Waals surface area contributed by atoms with Crippen LogP contribution >= 0.6 is 0 Å². The molecule has 0 aromatic carbocycles. The number of quaternary nitrogens is 1. The Labute approximate surface area is 69.2 Å². The van der Waals surface area contributed by atoms with Crippen LogP contribution < -0.4 is 0 Å². The molecule has 0 aromatic heterocycles. The minimum atomic E-state index is 0.262. The Balaban J connectivity index is 4.02. The predicted molar refractivity (Wildman–Crippen MR) is 46.2 cm³/mol. The van der Waals surface area contributed by atoms with Gasteiger partial charge in [0.2, 0.25) is 0 Å². The number of carbonyl (C=O) groups is 1. The molecule has 0 fully saturated rings. The fraction of sp³-hybridized carbons (Fsp3) is 0.875. The van der Waals surface area contributed by atoms with E-state index in [0.717, 1.165) is 6.54 Å². The second-order valence-electron chi connectivity index (χ2n) is 3.63. The van der Waals surface area contributed by atoms with Gasteiger partial charge in [-0.05, 0) is 21.0 Å². The number of hydrogen-bond donors (Lipinski definition) is 0. The monoisotopic (exact) mass is 159 g/mol. The maximum Gasteiger partial charge on any atom is 0.327 e. The lowest BCUT2D eigenvalue weighted by molar-refractivity contribution is -0.811. The largest absolute Gasteiger partial charge is 0.327 e. The maximum atomic E-state index is 11.4. The molecule has 3 heteroatoms. The van der Waals surface area contributed by atoms with Crippen LogP contribution in [-0.4, -0.2) is 56.6 Å². The molecule has 0 saturated heterocycles. The van der Waals surface area contributed by atoms with Crippen LogP contribution in [0.1, 0.15) is 6.92 Å². The van der Waals surface area contributed by atoms with Crippen molar-refractivity contribution in [3.8, 4) is 0 Å². The number of rotatable bonds is 3. The zero-order valence-electron chi connectivity index (χ0n) is 8.22. The van der Waals surface area contributed by atoms with Gasteiger partial charge in [-0.25, -0.2) is 4.79 Å². The van der Waals surface area contributed by atoms with Crippen LogP contribution in [0.2, 0.25) is 0 Å². The van der Waals surface area contributed by atoms with Gasteiger partial charge >= 0.3 is 5.91 Å². The van der Waals surface area contributed by atoms with Crippen LogP contribution in [0.25, 0.3) is 0 Å². The molecule has 0 unspecified atom stereocenters. The Kier molecular flexibility index (Phi) is 3.69. The quantitative estimate of drug-likeness (QED) is 0.547. The van der Waals surface area contributed by atoms with Gasteiger partial charge in [0, 0.05) is 0 Å². The van der Waals surface area contributed by atoms with Gasteiger partial charge in [-0.15, -0.1) is 0 Å². The first-order valence-corrected chi connectivity index (χ1v) is 3.91. The highest BCUT2D eigenvalue weighted by Crippen LogP contribution is 1.97. The molecule has 0 rings (SSSR count). The van der Waals surface area contributed by atoms with E-state index in [1.54, 1.807) is 0 Å². The molecule has 0 atom stereocenters. The van der Waals surface area contributed by atoms with Crippen molar-refractivity contribution in [2.75, 3.05) is 41.3 Å². The number of carbonyl (C=O) groups excluding carboxylic acids is 1. The van der Waals surface area contributed by atoms with Crippen LogP contribution in [0.4, 0.5) is 0 Å². The normalized spacial score (nSPS) is 12.2. The molecular weight excluding hydrogens is 140 g/mol. The first-order valence-electron chi connectivity index (χ1n) is 3.91. The first-order chi connectivity index (χ1) is 4.90. The molecule has 1 amide bonds. The zero-order valence-corrected chi connectivity index (χ0v) is 8.22. The van der Waals surface area contributed by atoms with Crippen LogP contribution in [-0.2, 0) is 4.79 Å². The number of nitrogens with zero attached hydrogens (tertiary/aromatic N) is 2. The van der Waals surface area contributed by atoms with Gasteiger partial charge in [-0.1, -0.05) is 0 Å². The van der Waals surface area contributed by atoms with E-state index in [4.69, 9.17) is 0 Å². The summed E-state index contributed by atoms with van der Waals surface area (Å²) in [5, 5.41) is 0. The molecule has 66 valence electrons. The molecule has 0 saturated carbocycles. The zero-order chi connectivity index (χ0) is 9.07. The van der Waals surface area contributed by atoms with Crippen molar-refractivity contribution in [2.24, 2.45) is 0 Å². The Bertz CT molecular complexity index is 141. The van der Waals surface area contributed by atoms with Gasteiger partial charge in [0.25, 0.3) is 0 Å². The molecule has 3 nitrogen and oxygen atoms in total. The second-order valence-corrected chi connectivity index (χ2v) is 3.63. The molecule has 0 bridgehead atoms. The first kappa shape index (κ1) is 10.6. The van der Waals surface area contributed by atoms with Crippen molar-refractivity contribution in [1.82, 2.24) is 4.90 Å². The molecule has 0 aliphatic rings. The molecule has 0 aliphatic heterocycles. The van der Waals surface area contributed by atoms with Crippen molar-refractivity contribution in [1.29, 1.82) is 0 Å². The third-order valence-corrected chi connectivity index (χ3v) is 1.92. The van der Waals surface area contributed by atoms with Crippen molar-refractivity contribution >= 4 is 5.91 Å². The smallest absolute Gasteiger partial charge is 0.297 e. The van der Waals surface area contributed by atoms with E-state index in [2.05, 4.69) is 0 Å². The van der Waals surface area contributed by atoms with Gasteiger partial charge in [-0.3, -0.25) is 9.38 Å². The molecule has 0 aliphatic carbocycles. The Morgan fingerprint density at radius 2 is 1.82 bits per heavy atom. The van der Waals surface area contributed by atoms with Crippen LogP contribution in [0, 0.1) is 0 Å². The number of likely N-dealkylation sites (N-methyl/N-ethyl adjacent to an activating group) is 2. The maximum absolute atomic E-state index is 11.4. The average molecular weight is 159 g/mol. The van der Waals surface area contributed by atoms with Gasteiger partial charge in [0.1, 0.15) is 6.54 Å². The van der Waals surface area contributed by atoms with Gasteiger partial charge in [0.15, 0.2) is 0 Å². The summed E-state index contributed by atoms with van der Waals surface area (Å²) < 4.78 is 0.470. The van der Waals surface area contributed by atoms with Crippen molar-refractivity contribution in [3.05, 3.63) is 0 Å². The summed E-state index contributed by atoms with van der Waals surface area (Å²) in [5.74, 6) is 0.262. The summed E-state index contributed by atoms with van der Waals surface area (Å²) >= 11 is 0. The van der Waals surface area contributed by atoms with E-state index in [-0.39, 0.29) is 5.91 Å². The van der Waals surface area contributed by atoms with Gasteiger partial charge < -0.3 is 0 Å². The van der Waals surface area contributed by atoms with Crippen molar-refractivity contribution < 1.29 is 9.28 Å². The highest BCUT2D eigenvalue weighted by Gasteiger charge is 2.23. The molecular formula is C8H19N2O+. The second kappa shape index (κ2) is 3.83. The Morgan fingerprint density at radius 3 is 2.09 bits per heavy atom. The van der Waals surface area contributed by atoms with Gasteiger partial charge in [0.05, 0.1) is 20.6 Å². The molecule has 0 N–H and O–H groups in total. The third-order valence-electron chi connectivity index (χ3n) is 1.92. The molecule has 0 spiro atoms. The lowest BCUT2D eigenvalue weighted by Gasteiger charge is -2.26. The molecule has 0 heterocycles. The van der Waals surface area contributed by atoms with E-state index in [0.29, 0.717) is 11.0 Å². The highest BCUT2D eigenvalue weighted by molar-refractivity contribution is 5.70. The summed E-state index contributed by atoms with van der Waals surface area (Å²) in [6.45, 7) is 3.40.